The predicted molar refractivity (Wildman–Crippen MR) is 57.0 cm³/mol. The van der Waals surface area contributed by atoms with Crippen LogP contribution in [-0.2, 0) is 9.53 Å². The average molecular weight is 202 g/mol. The van der Waals surface area contributed by atoms with Gasteiger partial charge in [0.1, 0.15) is 0 Å². The van der Waals surface area contributed by atoms with Crippen LogP contribution in [0.4, 0.5) is 0 Å². The van der Waals surface area contributed by atoms with Crippen molar-refractivity contribution in [3.63, 3.8) is 0 Å². The molecular weight excluding hydrogens is 180 g/mol. The van der Waals surface area contributed by atoms with Crippen molar-refractivity contribution in [2.45, 2.75) is 45.8 Å². The molecule has 4 heteroatoms. The lowest BCUT2D eigenvalue weighted by Crippen LogP contribution is -2.38. The molecule has 0 heterocycles. The van der Waals surface area contributed by atoms with Gasteiger partial charge in [-0.1, -0.05) is 0 Å². The molecule has 0 rings (SSSR count). The molecule has 0 aromatic rings. The lowest BCUT2D eigenvalue weighted by atomic mass is 10.3. The molecule has 0 saturated heterocycles. The summed E-state index contributed by atoms with van der Waals surface area (Å²) in [6.07, 6.45) is 2.19. The van der Waals surface area contributed by atoms with Gasteiger partial charge in [-0.3, -0.25) is 4.79 Å². The van der Waals surface area contributed by atoms with Crippen molar-refractivity contribution in [2.24, 2.45) is 5.73 Å². The molecule has 0 fully saturated rings. The van der Waals surface area contributed by atoms with Crippen LogP contribution in [0.5, 0.6) is 0 Å². The van der Waals surface area contributed by atoms with Gasteiger partial charge in [0.2, 0.25) is 5.91 Å². The Bertz CT molecular complexity index is 158. The van der Waals surface area contributed by atoms with Gasteiger partial charge in [-0.15, -0.1) is 0 Å². The molecule has 14 heavy (non-hydrogen) atoms. The molecule has 0 saturated carbocycles. The van der Waals surface area contributed by atoms with Crippen molar-refractivity contribution in [2.75, 3.05) is 13.2 Å². The second-order valence-electron chi connectivity index (χ2n) is 3.71. The topological polar surface area (TPSA) is 64.3 Å². The Balaban J connectivity index is 3.18. The Kier molecular flexibility index (Phi) is 7.42. The third-order valence-corrected chi connectivity index (χ3v) is 1.74. The van der Waals surface area contributed by atoms with Gasteiger partial charge in [0.25, 0.3) is 0 Å². The van der Waals surface area contributed by atoms with Crippen LogP contribution in [0.1, 0.15) is 33.6 Å². The fourth-order valence-corrected chi connectivity index (χ4v) is 0.919. The Morgan fingerprint density at radius 3 is 2.50 bits per heavy atom. The average Bonchev–Trinajstić information content (AvgIpc) is 2.09. The zero-order valence-corrected chi connectivity index (χ0v) is 9.38. The van der Waals surface area contributed by atoms with E-state index in [1.807, 2.05) is 13.8 Å². The van der Waals surface area contributed by atoms with Crippen molar-refractivity contribution in [3.05, 3.63) is 0 Å². The van der Waals surface area contributed by atoms with E-state index in [1.54, 1.807) is 6.92 Å². The van der Waals surface area contributed by atoms with Crippen LogP contribution in [-0.4, -0.2) is 31.2 Å². The van der Waals surface area contributed by atoms with E-state index in [0.29, 0.717) is 6.54 Å². The van der Waals surface area contributed by atoms with Crippen LogP contribution >= 0.6 is 0 Å². The number of carbonyl (C=O) groups is 1. The van der Waals surface area contributed by atoms with Crippen LogP contribution in [0, 0.1) is 0 Å². The summed E-state index contributed by atoms with van der Waals surface area (Å²) >= 11 is 0. The van der Waals surface area contributed by atoms with Crippen molar-refractivity contribution < 1.29 is 9.53 Å². The zero-order chi connectivity index (χ0) is 11.0. The Morgan fingerprint density at radius 1 is 1.36 bits per heavy atom. The standard InChI is InChI=1S/C10H22N2O2/c1-8(2)14-7-5-4-6-12-10(13)9(3)11/h8-9H,4-7,11H2,1-3H3,(H,12,13)/t9-/m1/s1. The van der Waals surface area contributed by atoms with Gasteiger partial charge in [-0.05, 0) is 33.6 Å². The van der Waals surface area contributed by atoms with Gasteiger partial charge in [-0.2, -0.15) is 0 Å². The summed E-state index contributed by atoms with van der Waals surface area (Å²) in [6.45, 7) is 7.14. The third-order valence-electron chi connectivity index (χ3n) is 1.74. The summed E-state index contributed by atoms with van der Waals surface area (Å²) in [6, 6.07) is -0.415. The number of nitrogens with two attached hydrogens (primary N) is 1. The van der Waals surface area contributed by atoms with Gasteiger partial charge in [-0.25, -0.2) is 0 Å². The minimum Gasteiger partial charge on any atom is -0.379 e. The number of hydrogen-bond acceptors (Lipinski definition) is 3. The Labute approximate surface area is 86.2 Å². The molecule has 0 unspecified atom stereocenters. The summed E-state index contributed by atoms with van der Waals surface area (Å²) in [5.41, 5.74) is 5.38. The van der Waals surface area contributed by atoms with E-state index in [0.717, 1.165) is 19.4 Å². The molecule has 0 bridgehead atoms. The maximum Gasteiger partial charge on any atom is 0.236 e. The minimum atomic E-state index is -0.415. The quantitative estimate of drug-likeness (QED) is 0.596. The SMILES string of the molecule is CC(C)OCCCCNC(=O)[C@@H](C)N. The van der Waals surface area contributed by atoms with Gasteiger partial charge in [0, 0.05) is 13.2 Å². The summed E-state index contributed by atoms with van der Waals surface area (Å²) in [7, 11) is 0. The van der Waals surface area contributed by atoms with Crippen molar-refractivity contribution in [1.29, 1.82) is 0 Å². The number of unbranched alkanes of at least 4 members (excludes halogenated alkanes) is 1. The number of hydrogen-bond donors (Lipinski definition) is 2. The smallest absolute Gasteiger partial charge is 0.236 e. The first-order valence-corrected chi connectivity index (χ1v) is 5.19. The first-order valence-electron chi connectivity index (χ1n) is 5.19. The molecule has 0 radical (unpaired) electrons. The molecule has 0 aromatic carbocycles. The highest BCUT2D eigenvalue weighted by molar-refractivity contribution is 5.80. The fraction of sp³-hybridized carbons (Fsp3) is 0.900. The molecule has 0 spiro atoms. The molecule has 0 aromatic heterocycles. The van der Waals surface area contributed by atoms with Crippen molar-refractivity contribution >= 4 is 5.91 Å². The van der Waals surface area contributed by atoms with E-state index in [2.05, 4.69) is 5.32 Å². The summed E-state index contributed by atoms with van der Waals surface area (Å²) in [4.78, 5) is 11.0. The number of rotatable bonds is 7. The van der Waals surface area contributed by atoms with Crippen LogP contribution in [0.2, 0.25) is 0 Å². The molecular formula is C10H22N2O2. The minimum absolute atomic E-state index is 0.0882. The number of ether oxygens (including phenoxy) is 1. The maximum absolute atomic E-state index is 11.0. The fourth-order valence-electron chi connectivity index (χ4n) is 0.919. The molecule has 1 atom stereocenters. The van der Waals surface area contributed by atoms with E-state index in [9.17, 15) is 4.79 Å². The predicted octanol–water partition coefficient (Wildman–Crippen LogP) is 0.655. The largest absolute Gasteiger partial charge is 0.379 e. The van der Waals surface area contributed by atoms with Crippen molar-refractivity contribution in [3.8, 4) is 0 Å². The van der Waals surface area contributed by atoms with E-state index in [-0.39, 0.29) is 12.0 Å². The van der Waals surface area contributed by atoms with Crippen LogP contribution < -0.4 is 11.1 Å². The lowest BCUT2D eigenvalue weighted by Gasteiger charge is -2.09. The number of amides is 1. The molecule has 1 amide bonds. The van der Waals surface area contributed by atoms with E-state index >= 15 is 0 Å². The van der Waals surface area contributed by atoms with Gasteiger partial charge < -0.3 is 15.8 Å². The monoisotopic (exact) mass is 202 g/mol. The number of nitrogens with one attached hydrogen (secondary N) is 1. The van der Waals surface area contributed by atoms with Gasteiger partial charge >= 0.3 is 0 Å². The molecule has 84 valence electrons. The zero-order valence-electron chi connectivity index (χ0n) is 9.38. The first-order chi connectivity index (χ1) is 6.54. The highest BCUT2D eigenvalue weighted by Gasteiger charge is 2.04. The van der Waals surface area contributed by atoms with Gasteiger partial charge in [0.15, 0.2) is 0 Å². The summed E-state index contributed by atoms with van der Waals surface area (Å²) in [5.74, 6) is -0.0882. The van der Waals surface area contributed by atoms with Crippen LogP contribution in [0.25, 0.3) is 0 Å². The summed E-state index contributed by atoms with van der Waals surface area (Å²) < 4.78 is 5.36. The summed E-state index contributed by atoms with van der Waals surface area (Å²) in [5, 5.41) is 2.75. The maximum atomic E-state index is 11.0. The molecule has 0 aliphatic heterocycles. The molecule has 3 N–H and O–H groups in total. The van der Waals surface area contributed by atoms with E-state index in [4.69, 9.17) is 10.5 Å². The van der Waals surface area contributed by atoms with Crippen molar-refractivity contribution in [1.82, 2.24) is 5.32 Å². The second-order valence-corrected chi connectivity index (χ2v) is 3.71. The second kappa shape index (κ2) is 7.76. The van der Waals surface area contributed by atoms with Gasteiger partial charge in [0.05, 0.1) is 12.1 Å². The Hall–Kier alpha value is -0.610. The Morgan fingerprint density at radius 2 is 2.00 bits per heavy atom. The van der Waals surface area contributed by atoms with E-state index < -0.39 is 6.04 Å². The highest BCUT2D eigenvalue weighted by atomic mass is 16.5. The van der Waals surface area contributed by atoms with Crippen LogP contribution in [0.15, 0.2) is 0 Å². The third kappa shape index (κ3) is 8.01. The molecule has 4 nitrogen and oxygen atoms in total. The normalized spacial score (nSPS) is 12.9. The highest BCUT2D eigenvalue weighted by Crippen LogP contribution is 1.93. The van der Waals surface area contributed by atoms with Crippen LogP contribution in [0.3, 0.4) is 0 Å². The molecule has 0 aliphatic carbocycles. The number of carbonyl (C=O) groups excluding carboxylic acids is 1. The van der Waals surface area contributed by atoms with E-state index in [1.165, 1.54) is 0 Å². The molecule has 0 aliphatic rings. The first kappa shape index (κ1) is 13.4. The lowest BCUT2D eigenvalue weighted by molar-refractivity contribution is -0.122.